The van der Waals surface area contributed by atoms with Crippen molar-refractivity contribution in [3.05, 3.63) is 0 Å². The van der Waals surface area contributed by atoms with Gasteiger partial charge in [0.2, 0.25) is 0 Å². The summed E-state index contributed by atoms with van der Waals surface area (Å²) < 4.78 is 12.4. The second kappa shape index (κ2) is 3.14. The summed E-state index contributed by atoms with van der Waals surface area (Å²) in [6.45, 7) is 0. The topological polar surface area (TPSA) is 76.0 Å². The molecule has 0 amide bonds. The van der Waals surface area contributed by atoms with Gasteiger partial charge in [-0.1, -0.05) is 0 Å². The van der Waals surface area contributed by atoms with E-state index in [1.807, 2.05) is 0 Å². The molecule has 1 unspecified atom stereocenters. The predicted molar refractivity (Wildman–Crippen MR) is 14.6 cm³/mol. The van der Waals surface area contributed by atoms with Crippen molar-refractivity contribution in [1.82, 2.24) is 0 Å². The van der Waals surface area contributed by atoms with Crippen LogP contribution in [-0.2, 0) is 14.3 Å². The van der Waals surface area contributed by atoms with Crippen molar-refractivity contribution in [1.29, 1.82) is 0 Å². The maximum atomic E-state index is 9.24. The third-order valence-electron chi connectivity index (χ3n) is 0.0971. The van der Waals surface area contributed by atoms with Gasteiger partial charge in [0.05, 0.1) is 4.67 Å². The number of rotatable bonds is 2. The van der Waals surface area contributed by atoms with Gasteiger partial charge in [0.15, 0.2) is 0 Å². The molecule has 0 radical (unpaired) electrons. The van der Waals surface area contributed by atoms with Gasteiger partial charge >= 0.3 is 8.25 Å². The Morgan fingerprint density at radius 2 is 2.17 bits per heavy atom. The van der Waals surface area contributed by atoms with E-state index in [1.165, 1.54) is 0 Å². The van der Waals surface area contributed by atoms with Crippen molar-refractivity contribution in [2.45, 2.75) is 0 Å². The summed E-state index contributed by atoms with van der Waals surface area (Å²) in [5.41, 5.74) is 0. The fraction of sp³-hybridized carbons (Fsp3) is 0. The normalized spacial score (nSPS) is 11.3. The van der Waals surface area contributed by atoms with E-state index in [0.717, 1.165) is 0 Å². The summed E-state index contributed by atoms with van der Waals surface area (Å²) >= 11 is 0. The lowest BCUT2D eigenvalue weighted by Gasteiger charge is -1.66. The van der Waals surface area contributed by atoms with Gasteiger partial charge in [-0.15, -0.1) is 4.89 Å². The van der Waals surface area contributed by atoms with Crippen molar-refractivity contribution in [2.75, 3.05) is 0 Å². The Kier molecular flexibility index (Phi) is 3.11. The van der Waals surface area contributed by atoms with Crippen molar-refractivity contribution in [2.24, 2.45) is 0 Å². The van der Waals surface area contributed by atoms with Crippen LogP contribution in [0.5, 0.6) is 0 Å². The van der Waals surface area contributed by atoms with E-state index in [1.54, 1.807) is 0 Å². The van der Waals surface area contributed by atoms with Gasteiger partial charge in [0.1, 0.15) is 0 Å². The van der Waals surface area contributed by atoms with Gasteiger partial charge in [0.25, 0.3) is 0 Å². The highest BCUT2D eigenvalue weighted by Crippen LogP contribution is 2.12. The predicted octanol–water partition coefficient (Wildman–Crippen LogP) is 0.0573. The fourth-order valence-electron chi connectivity index (χ4n) is 0.0285. The average Bonchev–Trinajstić information content (AvgIpc) is 1.35. The molecule has 0 aromatic carbocycles. The highest BCUT2D eigenvalue weighted by molar-refractivity contribution is 7.31. The minimum absolute atomic E-state index is 2.77. The maximum absolute atomic E-state index is 9.24. The summed E-state index contributed by atoms with van der Waals surface area (Å²) in [6, 6.07) is 0. The lowest BCUT2D eigenvalue weighted by Crippen LogP contribution is -1.73. The number of hydrogen-bond donors (Lipinski definition) is 2. The van der Waals surface area contributed by atoms with Crippen LogP contribution in [0.3, 0.4) is 0 Å². The molecule has 36 valence electrons. The molecule has 0 aliphatic heterocycles. The van der Waals surface area contributed by atoms with Crippen LogP contribution < -0.4 is 0 Å². The molecular formula is H2O5P+. The Bertz CT molecular complexity index is 47.9. The van der Waals surface area contributed by atoms with Crippen LogP contribution in [0.4, 0.5) is 0 Å². The molecule has 0 rings (SSSR count). The zero-order valence-corrected chi connectivity index (χ0v) is 3.46. The lowest BCUT2D eigenvalue weighted by molar-refractivity contribution is -0.440. The summed E-state index contributed by atoms with van der Waals surface area (Å²) in [5.74, 6) is 0. The summed E-state index contributed by atoms with van der Waals surface area (Å²) in [5, 5.41) is 9.94. The van der Waals surface area contributed by atoms with Crippen LogP contribution in [0.25, 0.3) is 0 Å². The monoisotopic (exact) mass is 113 g/mol. The van der Waals surface area contributed by atoms with Crippen LogP contribution >= 0.6 is 8.25 Å². The van der Waals surface area contributed by atoms with Crippen LogP contribution in [0, 0.1) is 0 Å². The molecule has 5 nitrogen and oxygen atoms in total. The van der Waals surface area contributed by atoms with Gasteiger partial charge in [0, 0.05) is 4.57 Å². The minimum Gasteiger partial charge on any atom is -0.217 e. The maximum Gasteiger partial charge on any atom is 0.728 e. The lowest BCUT2D eigenvalue weighted by atomic mass is 14.6. The van der Waals surface area contributed by atoms with Gasteiger partial charge in [-0.3, -0.25) is 0 Å². The molecule has 0 aromatic heterocycles. The first-order valence-corrected chi connectivity index (χ1v) is 2.04. The molecule has 6 heteroatoms. The standard InChI is InChI=1S/HO5P/c1-4-5-6(2)3/h(H-,1,2,3)/p+1. The molecule has 0 aliphatic carbocycles. The van der Waals surface area contributed by atoms with E-state index in [0.29, 0.717) is 0 Å². The molecule has 2 N–H and O–H groups in total. The van der Waals surface area contributed by atoms with E-state index >= 15 is 0 Å². The Balaban J connectivity index is 2.83. The van der Waals surface area contributed by atoms with Gasteiger partial charge in [-0.2, -0.15) is 0 Å². The molecule has 0 saturated carbocycles. The first kappa shape index (κ1) is 5.94. The first-order valence-electron chi connectivity index (χ1n) is 0.914. The summed E-state index contributed by atoms with van der Waals surface area (Å²) in [4.78, 5) is 7.55. The Labute approximate surface area is 33.9 Å². The second-order valence-electron chi connectivity index (χ2n) is 0.387. The van der Waals surface area contributed by atoms with Crippen molar-refractivity contribution >= 4 is 8.25 Å². The van der Waals surface area contributed by atoms with Crippen LogP contribution in [0.15, 0.2) is 0 Å². The van der Waals surface area contributed by atoms with E-state index in [4.69, 9.17) is 10.2 Å². The minimum atomic E-state index is -2.82. The second-order valence-corrected chi connectivity index (χ2v) is 1.01. The van der Waals surface area contributed by atoms with Crippen molar-refractivity contribution in [3.63, 3.8) is 0 Å². The zero-order chi connectivity index (χ0) is 4.99. The SMILES string of the molecule is O=[P+](O)OOO. The molecule has 1 atom stereocenters. The Hall–Kier alpha value is -0.0600. The van der Waals surface area contributed by atoms with E-state index in [-0.39, 0.29) is 0 Å². The Morgan fingerprint density at radius 3 is 2.17 bits per heavy atom. The fourth-order valence-corrected chi connectivity index (χ4v) is 0.0855. The molecule has 0 saturated heterocycles. The smallest absolute Gasteiger partial charge is 0.217 e. The van der Waals surface area contributed by atoms with Crippen LogP contribution in [-0.4, -0.2) is 10.2 Å². The summed E-state index contributed by atoms with van der Waals surface area (Å²) in [7, 11) is -2.82. The van der Waals surface area contributed by atoms with Gasteiger partial charge < -0.3 is 0 Å². The van der Waals surface area contributed by atoms with Gasteiger partial charge in [-0.05, 0) is 5.04 Å². The first-order chi connectivity index (χ1) is 2.77. The van der Waals surface area contributed by atoms with Crippen LogP contribution in [0.2, 0.25) is 0 Å². The van der Waals surface area contributed by atoms with Crippen LogP contribution in [0.1, 0.15) is 0 Å². The highest BCUT2D eigenvalue weighted by Gasteiger charge is 2.11. The molecule has 0 spiro atoms. The zero-order valence-electron chi connectivity index (χ0n) is 2.57. The quantitative estimate of drug-likeness (QED) is 0.300. The van der Waals surface area contributed by atoms with Crippen molar-refractivity contribution in [3.8, 4) is 0 Å². The van der Waals surface area contributed by atoms with E-state index < -0.39 is 8.25 Å². The third-order valence-corrected chi connectivity index (χ3v) is 0.291. The molecule has 0 aromatic rings. The molecule has 0 fully saturated rings. The largest absolute Gasteiger partial charge is 0.728 e. The van der Waals surface area contributed by atoms with E-state index in [2.05, 4.69) is 9.71 Å². The molecule has 6 heavy (non-hydrogen) atoms. The molecule has 0 heterocycles. The van der Waals surface area contributed by atoms with E-state index in [9.17, 15) is 4.57 Å². The molecular weight excluding hydrogens is 111 g/mol. The third kappa shape index (κ3) is 3.94. The van der Waals surface area contributed by atoms with Gasteiger partial charge in [-0.25, -0.2) is 5.26 Å². The molecule has 0 aliphatic rings. The summed E-state index contributed by atoms with van der Waals surface area (Å²) in [6.07, 6.45) is 0. The average molecular weight is 113 g/mol. The molecule has 0 bridgehead atoms. The van der Waals surface area contributed by atoms with Crippen molar-refractivity contribution < 1.29 is 24.4 Å². The number of hydrogen-bond acceptors (Lipinski definition) is 4. The highest BCUT2D eigenvalue weighted by atomic mass is 31.1. The Morgan fingerprint density at radius 1 is 1.67 bits per heavy atom.